The number of rotatable bonds is 11. The highest BCUT2D eigenvalue weighted by Crippen LogP contribution is 2.70. The molecule has 0 heterocycles. The van der Waals surface area contributed by atoms with Crippen molar-refractivity contribution in [1.82, 2.24) is 0 Å². The minimum atomic E-state index is -5.70. The van der Waals surface area contributed by atoms with E-state index in [2.05, 4.69) is 6.58 Å². The molecule has 0 N–H and O–H groups in total. The third kappa shape index (κ3) is 5.77. The summed E-state index contributed by atoms with van der Waals surface area (Å²) in [6, 6.07) is 25.2. The topological polar surface area (TPSA) is 96.0 Å². The van der Waals surface area contributed by atoms with Crippen molar-refractivity contribution in [1.29, 1.82) is 0 Å². The fourth-order valence-electron chi connectivity index (χ4n) is 7.74. The zero-order valence-corrected chi connectivity index (χ0v) is 27.0. The van der Waals surface area contributed by atoms with E-state index in [9.17, 15) is 18.0 Å². The van der Waals surface area contributed by atoms with Gasteiger partial charge >= 0.3 is 27.3 Å². The monoisotopic (exact) mass is 670 g/mol. The molecule has 11 heteroatoms. The van der Waals surface area contributed by atoms with Crippen molar-refractivity contribution in [3.63, 3.8) is 0 Å². The Morgan fingerprint density at radius 3 is 1.72 bits per heavy atom. The molecule has 244 valence electrons. The van der Waals surface area contributed by atoms with Crippen molar-refractivity contribution in [2.24, 2.45) is 17.3 Å². The quantitative estimate of drug-likeness (QED) is 0.152. The van der Waals surface area contributed by atoms with Gasteiger partial charge in [-0.2, -0.15) is 17.2 Å². The van der Waals surface area contributed by atoms with E-state index in [-0.39, 0.29) is 23.8 Å². The molecule has 2 unspecified atom stereocenters. The van der Waals surface area contributed by atoms with Gasteiger partial charge in [0.1, 0.15) is 5.60 Å². The first-order chi connectivity index (χ1) is 21.8. The number of ether oxygens (including phenoxy) is 2. The number of carbonyl (C=O) groups is 2. The summed E-state index contributed by atoms with van der Waals surface area (Å²) in [5, 5.41) is -4.58. The van der Waals surface area contributed by atoms with Crippen LogP contribution in [-0.4, -0.2) is 37.8 Å². The largest absolute Gasteiger partial charge is 0.458 e. The van der Waals surface area contributed by atoms with Crippen LogP contribution >= 0.6 is 10.3 Å². The molecule has 4 fully saturated rings. The van der Waals surface area contributed by atoms with Gasteiger partial charge in [0.2, 0.25) is 0 Å². The van der Waals surface area contributed by atoms with Crippen molar-refractivity contribution < 1.29 is 39.9 Å². The van der Waals surface area contributed by atoms with Crippen LogP contribution in [0.1, 0.15) is 45.4 Å². The maximum absolute atomic E-state index is 15.9. The highest BCUT2D eigenvalue weighted by molar-refractivity contribution is 8.33. The minimum Gasteiger partial charge on any atom is -0.458 e. The van der Waals surface area contributed by atoms with E-state index in [1.165, 1.54) is 0 Å². The number of carbonyl (C=O) groups excluding carboxylic acids is 2. The molecule has 0 spiro atoms. The van der Waals surface area contributed by atoms with Gasteiger partial charge in [0.05, 0.1) is 5.41 Å². The van der Waals surface area contributed by atoms with Crippen LogP contribution in [0.2, 0.25) is 0 Å². The van der Waals surface area contributed by atoms with Crippen LogP contribution in [0.5, 0.6) is 0 Å². The van der Waals surface area contributed by atoms with Crippen LogP contribution in [-0.2, 0) is 32.8 Å². The number of benzene rings is 3. The van der Waals surface area contributed by atoms with Gasteiger partial charge in [-0.25, -0.2) is 8.42 Å². The van der Waals surface area contributed by atoms with Gasteiger partial charge in [0.25, 0.3) is 0 Å². The number of halogens is 2. The lowest BCUT2D eigenvalue weighted by Crippen LogP contribution is -2.60. The van der Waals surface area contributed by atoms with Crippen LogP contribution in [0, 0.1) is 17.3 Å². The average Bonchev–Trinajstić information content (AvgIpc) is 3.02. The fourth-order valence-corrected chi connectivity index (χ4v) is 12.8. The third-order valence-corrected chi connectivity index (χ3v) is 14.4. The molecule has 7 rings (SSSR count). The van der Waals surface area contributed by atoms with Gasteiger partial charge in [-0.05, 0) is 97.6 Å². The van der Waals surface area contributed by atoms with Gasteiger partial charge in [-0.1, -0.05) is 61.2 Å². The van der Waals surface area contributed by atoms with Crippen molar-refractivity contribution >= 4 is 32.4 Å². The summed E-state index contributed by atoms with van der Waals surface area (Å²) in [6.07, 6.45) is 2.98. The number of alkyl halides is 2. The third-order valence-electron chi connectivity index (χ3n) is 9.25. The van der Waals surface area contributed by atoms with Crippen LogP contribution < -0.4 is 0 Å². The molecule has 2 atom stereocenters. The Bertz CT molecular complexity index is 1620. The van der Waals surface area contributed by atoms with Crippen LogP contribution in [0.3, 0.4) is 0 Å². The molecule has 0 radical (unpaired) electrons. The van der Waals surface area contributed by atoms with Crippen molar-refractivity contribution in [2.75, 3.05) is 6.61 Å². The lowest BCUT2D eigenvalue weighted by Gasteiger charge is -2.59. The molecule has 3 aromatic carbocycles. The fraction of sp³-hybridized carbons (Fsp3) is 0.371. The maximum Gasteiger partial charge on any atom is 0.403 e. The highest BCUT2D eigenvalue weighted by atomic mass is 32.3. The molecule has 4 aliphatic carbocycles. The molecular weight excluding hydrogens is 635 g/mol. The Hall–Kier alpha value is -3.54. The van der Waals surface area contributed by atoms with E-state index >= 15 is 8.78 Å². The zero-order chi connectivity index (χ0) is 32.8. The second-order valence-electron chi connectivity index (χ2n) is 12.8. The van der Waals surface area contributed by atoms with Gasteiger partial charge in [-0.15, -0.1) is 0 Å². The smallest absolute Gasteiger partial charge is 0.403 e. The molecule has 0 saturated heterocycles. The zero-order valence-electron chi connectivity index (χ0n) is 25.4. The molecule has 7 nitrogen and oxygen atoms in total. The minimum absolute atomic E-state index is 0.0612. The van der Waals surface area contributed by atoms with E-state index in [4.69, 9.17) is 13.1 Å². The van der Waals surface area contributed by atoms with Crippen molar-refractivity contribution in [3.05, 3.63) is 103 Å². The predicted molar refractivity (Wildman–Crippen MR) is 168 cm³/mol. The van der Waals surface area contributed by atoms with E-state index in [0.717, 1.165) is 6.42 Å². The predicted octanol–water partition coefficient (Wildman–Crippen LogP) is 7.82. The average molecular weight is 671 g/mol. The van der Waals surface area contributed by atoms with E-state index < -0.39 is 55.2 Å². The molecule has 4 aliphatic rings. The number of esters is 2. The van der Waals surface area contributed by atoms with Crippen LogP contribution in [0.4, 0.5) is 8.78 Å². The van der Waals surface area contributed by atoms with E-state index in [1.54, 1.807) is 97.9 Å². The highest BCUT2D eigenvalue weighted by Gasteiger charge is 2.63. The molecule has 46 heavy (non-hydrogen) atoms. The van der Waals surface area contributed by atoms with Crippen LogP contribution in [0.25, 0.3) is 0 Å². The SMILES string of the molecule is C=C(C)C(=O)OC12CC3CC(C1)CC(C(=O)OCC(F)(F)S(=O)(=O)OS(c1ccccc1)(c1ccccc1)c1ccccc1)(C3)C2. The summed E-state index contributed by atoms with van der Waals surface area (Å²) in [6.45, 7) is 3.48. The Kier molecular flexibility index (Phi) is 8.40. The summed E-state index contributed by atoms with van der Waals surface area (Å²) >= 11 is 0. The lowest BCUT2D eigenvalue weighted by molar-refractivity contribution is -0.212. The summed E-state index contributed by atoms with van der Waals surface area (Å²) in [5.74, 6) is -1.33. The van der Waals surface area contributed by atoms with Crippen molar-refractivity contribution in [3.8, 4) is 0 Å². The second kappa shape index (κ2) is 11.9. The first-order valence-corrected chi connectivity index (χ1v) is 18.1. The molecule has 3 aromatic rings. The van der Waals surface area contributed by atoms with E-state index in [1.807, 2.05) is 0 Å². The summed E-state index contributed by atoms with van der Waals surface area (Å²) in [5.41, 5.74) is -1.81. The Morgan fingerprint density at radius 1 is 0.826 bits per heavy atom. The first-order valence-electron chi connectivity index (χ1n) is 15.2. The van der Waals surface area contributed by atoms with Crippen molar-refractivity contribution in [2.45, 2.75) is 71.0 Å². The van der Waals surface area contributed by atoms with Gasteiger partial charge < -0.3 is 9.47 Å². The summed E-state index contributed by atoms with van der Waals surface area (Å²) in [7, 11) is -8.94. The standard InChI is InChI=1S/C35H36F2O7S2/c1-25(2)31(38)43-34-21-26-18-27(22-34)20-33(19-26,23-34)32(39)42-24-35(36,37)46(40,41)44-45(28-12-6-3-7-13-28,29-14-8-4-9-15-29)30-16-10-5-11-17-30/h3-17,26-27H,1,18-24H2,2H3. The second-order valence-corrected chi connectivity index (χ2v) is 17.4. The molecular formula is C35H36F2O7S2. The van der Waals surface area contributed by atoms with Gasteiger partial charge in [0, 0.05) is 26.7 Å². The van der Waals surface area contributed by atoms with Crippen LogP contribution in [0.15, 0.2) is 118 Å². The molecule has 0 aromatic heterocycles. The number of hydrogen-bond acceptors (Lipinski definition) is 7. The normalized spacial score (nSPS) is 25.9. The van der Waals surface area contributed by atoms with Gasteiger partial charge in [-0.3, -0.25) is 4.79 Å². The lowest BCUT2D eigenvalue weighted by atomic mass is 9.48. The number of hydrogen-bond donors (Lipinski definition) is 0. The maximum atomic E-state index is 15.9. The summed E-state index contributed by atoms with van der Waals surface area (Å²) < 4.78 is 76.0. The molecule has 0 aliphatic heterocycles. The first kappa shape index (κ1) is 32.4. The van der Waals surface area contributed by atoms with Gasteiger partial charge in [0.15, 0.2) is 6.61 Å². The molecule has 0 amide bonds. The Labute approximate surface area is 269 Å². The van der Waals surface area contributed by atoms with E-state index in [0.29, 0.717) is 40.4 Å². The molecule has 4 saturated carbocycles. The molecule has 4 bridgehead atoms. The Morgan fingerprint density at radius 2 is 1.28 bits per heavy atom. The Balaban J connectivity index is 1.28. The summed E-state index contributed by atoms with van der Waals surface area (Å²) in [4.78, 5) is 27.3.